The maximum absolute atomic E-state index is 13.7. The van der Waals surface area contributed by atoms with Gasteiger partial charge in [0.25, 0.3) is 11.7 Å². The Balaban J connectivity index is 1.20. The minimum absolute atomic E-state index is 0.0279. The highest BCUT2D eigenvalue weighted by Gasteiger charge is 2.61. The number of carbonyl (C=O) groups is 1. The van der Waals surface area contributed by atoms with E-state index in [1.165, 1.54) is 5.69 Å². The zero-order chi connectivity index (χ0) is 20.8. The van der Waals surface area contributed by atoms with Crippen molar-refractivity contribution >= 4 is 17.3 Å². The van der Waals surface area contributed by atoms with Crippen molar-refractivity contribution in [2.45, 2.75) is 43.7 Å². The number of rotatable bonds is 3. The Kier molecular flexibility index (Phi) is 4.74. The van der Waals surface area contributed by atoms with E-state index in [4.69, 9.17) is 9.47 Å². The van der Waals surface area contributed by atoms with Crippen LogP contribution in [0.2, 0.25) is 0 Å². The number of para-hydroxylation sites is 2. The van der Waals surface area contributed by atoms with Gasteiger partial charge in [0.1, 0.15) is 0 Å². The highest BCUT2D eigenvalue weighted by Crippen LogP contribution is 2.51. The second kappa shape index (κ2) is 7.62. The first-order chi connectivity index (χ1) is 15.2. The Bertz CT molecular complexity index is 943. The van der Waals surface area contributed by atoms with E-state index < -0.39 is 5.79 Å². The smallest absolute Gasteiger partial charge is 0.293 e. The molecule has 2 aromatic rings. The second-order valence-corrected chi connectivity index (χ2v) is 9.05. The predicted molar refractivity (Wildman–Crippen MR) is 119 cm³/mol. The van der Waals surface area contributed by atoms with Crippen molar-refractivity contribution < 1.29 is 14.3 Å². The Morgan fingerprint density at radius 1 is 0.839 bits per heavy atom. The van der Waals surface area contributed by atoms with E-state index in [0.29, 0.717) is 6.67 Å². The minimum atomic E-state index is -1.25. The number of ether oxygens (including phenoxy) is 2. The van der Waals surface area contributed by atoms with Crippen molar-refractivity contribution in [2.75, 3.05) is 42.6 Å². The highest BCUT2D eigenvalue weighted by molar-refractivity contribution is 6.06. The fourth-order valence-electron chi connectivity index (χ4n) is 5.53. The molecule has 1 unspecified atom stereocenters. The molecule has 3 atom stereocenters. The van der Waals surface area contributed by atoms with E-state index in [1.807, 2.05) is 29.2 Å². The first kappa shape index (κ1) is 19.3. The van der Waals surface area contributed by atoms with Crippen LogP contribution in [-0.2, 0) is 20.1 Å². The van der Waals surface area contributed by atoms with Crippen molar-refractivity contribution in [1.29, 1.82) is 0 Å². The Morgan fingerprint density at radius 3 is 2.19 bits per heavy atom. The molecule has 6 nitrogen and oxygen atoms in total. The van der Waals surface area contributed by atoms with Crippen LogP contribution in [0.3, 0.4) is 0 Å². The van der Waals surface area contributed by atoms with Crippen LogP contribution in [0, 0.1) is 0 Å². The molecular weight excluding hydrogens is 390 g/mol. The van der Waals surface area contributed by atoms with Crippen molar-refractivity contribution in [2.24, 2.45) is 0 Å². The summed E-state index contributed by atoms with van der Waals surface area (Å²) in [7, 11) is 0. The number of hydrogen-bond donors (Lipinski definition) is 0. The molecule has 0 radical (unpaired) electrons. The summed E-state index contributed by atoms with van der Waals surface area (Å²) in [6.07, 6.45) is 4.30. The van der Waals surface area contributed by atoms with Crippen LogP contribution in [0.1, 0.15) is 31.2 Å². The number of fused-ring (bicyclic) bond motifs is 3. The van der Waals surface area contributed by atoms with Crippen LogP contribution in [0.4, 0.5) is 11.4 Å². The zero-order valence-electron chi connectivity index (χ0n) is 17.8. The first-order valence-corrected chi connectivity index (χ1v) is 11.5. The molecule has 162 valence electrons. The van der Waals surface area contributed by atoms with Gasteiger partial charge in [-0.2, -0.15) is 0 Å². The maximum atomic E-state index is 13.7. The Labute approximate surface area is 183 Å². The van der Waals surface area contributed by atoms with E-state index in [1.54, 1.807) is 0 Å². The predicted octanol–water partition coefficient (Wildman–Crippen LogP) is 3.32. The minimum Gasteiger partial charge on any atom is -0.369 e. The molecule has 2 aromatic carbocycles. The molecule has 1 saturated carbocycles. The summed E-state index contributed by atoms with van der Waals surface area (Å²) in [5.41, 5.74) is 3.06. The lowest BCUT2D eigenvalue weighted by Gasteiger charge is -2.38. The summed E-state index contributed by atoms with van der Waals surface area (Å²) < 4.78 is 12.8. The third kappa shape index (κ3) is 3.16. The maximum Gasteiger partial charge on any atom is 0.293 e. The van der Waals surface area contributed by atoms with Gasteiger partial charge in [-0.15, -0.1) is 0 Å². The number of anilines is 2. The average Bonchev–Trinajstić information content (AvgIpc) is 3.33. The molecular formula is C25H29N3O3. The van der Waals surface area contributed by atoms with Gasteiger partial charge in [-0.1, -0.05) is 49.2 Å². The molecule has 3 aliphatic heterocycles. The van der Waals surface area contributed by atoms with Crippen LogP contribution in [-0.4, -0.2) is 55.9 Å². The van der Waals surface area contributed by atoms with Crippen molar-refractivity contribution in [3.8, 4) is 0 Å². The molecule has 0 bridgehead atoms. The number of hydrogen-bond acceptors (Lipinski definition) is 5. The van der Waals surface area contributed by atoms with Gasteiger partial charge >= 0.3 is 0 Å². The summed E-state index contributed by atoms with van der Waals surface area (Å²) in [4.78, 5) is 20.4. The van der Waals surface area contributed by atoms with Gasteiger partial charge in [0.2, 0.25) is 0 Å². The molecule has 6 heteroatoms. The fraction of sp³-hybridized carbons (Fsp3) is 0.480. The number of amides is 1. The van der Waals surface area contributed by atoms with Crippen LogP contribution >= 0.6 is 0 Å². The lowest BCUT2D eigenvalue weighted by molar-refractivity contribution is -0.190. The van der Waals surface area contributed by atoms with Crippen LogP contribution in [0.5, 0.6) is 0 Å². The van der Waals surface area contributed by atoms with Crippen molar-refractivity contribution in [1.82, 2.24) is 4.90 Å². The molecule has 1 amide bonds. The standard InChI is InChI=1S/C25H29N3O3/c29-24-25(30-22-12-6-7-13-23(22)31-25)20-10-4-5-11-21(20)28(24)18-26-14-16-27(17-15-26)19-8-2-1-3-9-19/h1-5,8-11,22-23H,6-7,12-18H2/t22-,23+,25?. The normalized spacial score (nSPS) is 30.6. The molecule has 2 saturated heterocycles. The molecule has 0 aromatic heterocycles. The largest absolute Gasteiger partial charge is 0.369 e. The van der Waals surface area contributed by atoms with E-state index in [2.05, 4.69) is 40.1 Å². The Hall–Kier alpha value is -2.41. The van der Waals surface area contributed by atoms with Gasteiger partial charge in [0, 0.05) is 37.4 Å². The van der Waals surface area contributed by atoms with Crippen LogP contribution < -0.4 is 9.80 Å². The van der Waals surface area contributed by atoms with Gasteiger partial charge < -0.3 is 14.4 Å². The molecule has 1 aliphatic carbocycles. The van der Waals surface area contributed by atoms with E-state index >= 15 is 0 Å². The quantitative estimate of drug-likeness (QED) is 0.764. The molecule has 3 fully saturated rings. The zero-order valence-corrected chi connectivity index (χ0v) is 17.8. The summed E-state index contributed by atoms with van der Waals surface area (Å²) in [6, 6.07) is 18.5. The summed E-state index contributed by atoms with van der Waals surface area (Å²) in [5, 5.41) is 0. The molecule has 1 spiro atoms. The van der Waals surface area contributed by atoms with E-state index in [9.17, 15) is 4.79 Å². The van der Waals surface area contributed by atoms with E-state index in [0.717, 1.165) is 63.1 Å². The van der Waals surface area contributed by atoms with Crippen LogP contribution in [0.15, 0.2) is 54.6 Å². The molecule has 3 heterocycles. The third-order valence-electron chi connectivity index (χ3n) is 7.19. The third-order valence-corrected chi connectivity index (χ3v) is 7.19. The van der Waals surface area contributed by atoms with E-state index in [-0.39, 0.29) is 18.1 Å². The molecule has 6 rings (SSSR count). The number of piperazine rings is 1. The Morgan fingerprint density at radius 2 is 1.48 bits per heavy atom. The average molecular weight is 420 g/mol. The summed E-state index contributed by atoms with van der Waals surface area (Å²) >= 11 is 0. The lowest BCUT2D eigenvalue weighted by Crippen LogP contribution is -2.52. The van der Waals surface area contributed by atoms with Gasteiger partial charge in [0.15, 0.2) is 0 Å². The number of carbonyl (C=O) groups excluding carboxylic acids is 1. The van der Waals surface area contributed by atoms with Crippen molar-refractivity contribution in [3.05, 3.63) is 60.2 Å². The molecule has 31 heavy (non-hydrogen) atoms. The first-order valence-electron chi connectivity index (χ1n) is 11.5. The topological polar surface area (TPSA) is 45.3 Å². The monoisotopic (exact) mass is 419 g/mol. The lowest BCUT2D eigenvalue weighted by atomic mass is 9.95. The summed E-state index contributed by atoms with van der Waals surface area (Å²) in [5.74, 6) is -1.31. The number of nitrogens with zero attached hydrogens (tertiary/aromatic N) is 3. The molecule has 0 N–H and O–H groups in total. The second-order valence-electron chi connectivity index (χ2n) is 9.05. The number of benzene rings is 2. The van der Waals surface area contributed by atoms with Crippen LogP contribution in [0.25, 0.3) is 0 Å². The highest BCUT2D eigenvalue weighted by atomic mass is 16.8. The van der Waals surface area contributed by atoms with Gasteiger partial charge in [-0.05, 0) is 31.0 Å². The van der Waals surface area contributed by atoms with Gasteiger partial charge in [-0.25, -0.2) is 0 Å². The SMILES string of the molecule is O=C1N(CN2CCN(c3ccccc3)CC2)c2ccccc2C12O[C@H]1CCCC[C@H]1O2. The van der Waals surface area contributed by atoms with Gasteiger partial charge in [0.05, 0.1) is 24.6 Å². The van der Waals surface area contributed by atoms with Crippen molar-refractivity contribution in [3.63, 3.8) is 0 Å². The summed E-state index contributed by atoms with van der Waals surface area (Å²) in [6.45, 7) is 4.32. The molecule has 4 aliphatic rings. The fourth-order valence-corrected chi connectivity index (χ4v) is 5.53. The van der Waals surface area contributed by atoms with Gasteiger partial charge in [-0.3, -0.25) is 14.6 Å².